The Morgan fingerprint density at radius 1 is 1.15 bits per heavy atom. The van der Waals surface area contributed by atoms with Crippen LogP contribution in [0, 0.1) is 23.1 Å². The van der Waals surface area contributed by atoms with Crippen LogP contribution in [-0.4, -0.2) is 29.3 Å². The molecule has 1 aliphatic rings. The molecule has 2 aromatic rings. The highest BCUT2D eigenvalue weighted by Gasteiger charge is 2.36. The molecule has 1 heterocycles. The van der Waals surface area contributed by atoms with E-state index in [1.807, 2.05) is 30.3 Å². The molecular formula is C28H34FN3O2. The lowest BCUT2D eigenvalue weighted by Gasteiger charge is -2.31. The van der Waals surface area contributed by atoms with Crippen molar-refractivity contribution in [2.24, 2.45) is 5.92 Å². The van der Waals surface area contributed by atoms with Crippen LogP contribution in [0.25, 0.3) is 0 Å². The third-order valence-electron chi connectivity index (χ3n) is 6.97. The Balaban J connectivity index is 1.52. The van der Waals surface area contributed by atoms with Crippen molar-refractivity contribution in [1.82, 2.24) is 10.2 Å². The van der Waals surface area contributed by atoms with Crippen molar-refractivity contribution in [3.63, 3.8) is 0 Å². The lowest BCUT2D eigenvalue weighted by atomic mass is 9.69. The van der Waals surface area contributed by atoms with E-state index < -0.39 is 11.5 Å². The molecule has 0 spiro atoms. The maximum atomic E-state index is 13.8. The largest absolute Gasteiger partial charge is 0.350 e. The molecule has 2 aromatic carbocycles. The van der Waals surface area contributed by atoms with Gasteiger partial charge in [-0.1, -0.05) is 68.8 Å². The fraction of sp³-hybridized carbons (Fsp3) is 0.464. The molecule has 2 atom stereocenters. The topological polar surface area (TPSA) is 73.2 Å². The summed E-state index contributed by atoms with van der Waals surface area (Å²) < 4.78 is 13.8. The van der Waals surface area contributed by atoms with Gasteiger partial charge in [0.1, 0.15) is 11.9 Å². The number of likely N-dealkylation sites (tertiary alicyclic amines) is 1. The average molecular weight is 464 g/mol. The second-order valence-electron chi connectivity index (χ2n) is 9.37. The van der Waals surface area contributed by atoms with Gasteiger partial charge in [0.15, 0.2) is 0 Å². The van der Waals surface area contributed by atoms with Gasteiger partial charge in [0.25, 0.3) is 0 Å². The molecule has 0 saturated carbocycles. The van der Waals surface area contributed by atoms with Crippen molar-refractivity contribution in [2.45, 2.75) is 70.4 Å². The molecule has 1 saturated heterocycles. The van der Waals surface area contributed by atoms with Gasteiger partial charge in [0.05, 0.1) is 11.5 Å². The molecule has 0 aliphatic carbocycles. The number of carbonyl (C=O) groups is 2. The predicted molar refractivity (Wildman–Crippen MR) is 130 cm³/mol. The Morgan fingerprint density at radius 2 is 1.85 bits per heavy atom. The van der Waals surface area contributed by atoms with Crippen molar-refractivity contribution >= 4 is 11.8 Å². The lowest BCUT2D eigenvalue weighted by Crippen LogP contribution is -2.45. The molecule has 0 unspecified atom stereocenters. The van der Waals surface area contributed by atoms with Crippen molar-refractivity contribution < 1.29 is 14.0 Å². The fourth-order valence-electron chi connectivity index (χ4n) is 4.85. The van der Waals surface area contributed by atoms with Crippen molar-refractivity contribution in [1.29, 1.82) is 5.26 Å². The number of hydrogen-bond acceptors (Lipinski definition) is 3. The van der Waals surface area contributed by atoms with Crippen LogP contribution in [0.15, 0.2) is 54.6 Å². The van der Waals surface area contributed by atoms with E-state index in [4.69, 9.17) is 0 Å². The SMILES string of the molecule is CC(C)[C@@](C#N)(CCCCC(=O)N1CCC[C@@H]1C(=O)NCc1ccccc1F)c1ccccc1. The number of carbonyl (C=O) groups excluding carboxylic acids is 2. The quantitative estimate of drug-likeness (QED) is 0.498. The Bertz CT molecular complexity index is 1020. The summed E-state index contributed by atoms with van der Waals surface area (Å²) in [5.74, 6) is -0.471. The fourth-order valence-corrected chi connectivity index (χ4v) is 4.85. The monoisotopic (exact) mass is 463 g/mol. The Kier molecular flexibility index (Phi) is 8.81. The van der Waals surface area contributed by atoms with E-state index in [2.05, 4.69) is 25.2 Å². The first-order valence-electron chi connectivity index (χ1n) is 12.2. The highest BCUT2D eigenvalue weighted by Crippen LogP contribution is 2.37. The summed E-state index contributed by atoms with van der Waals surface area (Å²) in [5, 5.41) is 12.8. The van der Waals surface area contributed by atoms with E-state index in [-0.39, 0.29) is 30.1 Å². The molecule has 5 nitrogen and oxygen atoms in total. The predicted octanol–water partition coefficient (Wildman–Crippen LogP) is 5.11. The van der Waals surface area contributed by atoms with Gasteiger partial charge in [0.2, 0.25) is 11.8 Å². The highest BCUT2D eigenvalue weighted by molar-refractivity contribution is 5.88. The molecule has 1 aliphatic heterocycles. The summed E-state index contributed by atoms with van der Waals surface area (Å²) in [6.45, 7) is 4.80. The average Bonchev–Trinajstić information content (AvgIpc) is 3.34. The van der Waals surface area contributed by atoms with Crippen molar-refractivity contribution in [3.8, 4) is 6.07 Å². The minimum Gasteiger partial charge on any atom is -0.350 e. The number of hydrogen-bond donors (Lipinski definition) is 1. The second kappa shape index (κ2) is 11.8. The van der Waals surface area contributed by atoms with Crippen LogP contribution >= 0.6 is 0 Å². The zero-order valence-corrected chi connectivity index (χ0v) is 20.1. The zero-order valence-electron chi connectivity index (χ0n) is 20.1. The van der Waals surface area contributed by atoms with Crippen LogP contribution in [0.4, 0.5) is 4.39 Å². The molecule has 3 rings (SSSR count). The van der Waals surface area contributed by atoms with Crippen LogP contribution < -0.4 is 5.32 Å². The van der Waals surface area contributed by atoms with Crippen LogP contribution in [0.5, 0.6) is 0 Å². The first kappa shape index (κ1) is 25.4. The number of amides is 2. The van der Waals surface area contributed by atoms with Gasteiger partial charge in [-0.25, -0.2) is 4.39 Å². The smallest absolute Gasteiger partial charge is 0.243 e. The maximum absolute atomic E-state index is 13.8. The molecule has 34 heavy (non-hydrogen) atoms. The highest BCUT2D eigenvalue weighted by atomic mass is 19.1. The Morgan fingerprint density at radius 3 is 2.53 bits per heavy atom. The number of unbranched alkanes of at least 4 members (excludes halogenated alkanes) is 1. The zero-order chi connectivity index (χ0) is 24.6. The molecule has 1 fully saturated rings. The van der Waals surface area contributed by atoms with Gasteiger partial charge in [-0.2, -0.15) is 5.26 Å². The number of nitrogens with one attached hydrogen (secondary N) is 1. The van der Waals surface area contributed by atoms with Crippen LogP contribution in [-0.2, 0) is 21.5 Å². The second-order valence-corrected chi connectivity index (χ2v) is 9.37. The number of benzene rings is 2. The van der Waals surface area contributed by atoms with Crippen LogP contribution in [0.1, 0.15) is 63.5 Å². The molecule has 1 N–H and O–H groups in total. The van der Waals surface area contributed by atoms with E-state index >= 15 is 0 Å². The van der Waals surface area contributed by atoms with E-state index in [1.165, 1.54) is 6.07 Å². The molecular weight excluding hydrogens is 429 g/mol. The first-order valence-corrected chi connectivity index (χ1v) is 12.2. The van der Waals surface area contributed by atoms with E-state index in [0.29, 0.717) is 37.8 Å². The minimum absolute atomic E-state index is 0.0321. The van der Waals surface area contributed by atoms with E-state index in [9.17, 15) is 19.2 Å². The molecule has 2 amide bonds. The molecule has 180 valence electrons. The third kappa shape index (κ3) is 5.83. The van der Waals surface area contributed by atoms with Gasteiger partial charge >= 0.3 is 0 Å². The summed E-state index contributed by atoms with van der Waals surface area (Å²) in [6, 6.07) is 18.3. The number of rotatable bonds is 10. The van der Waals surface area contributed by atoms with Gasteiger partial charge < -0.3 is 10.2 Å². The Labute approximate surface area is 202 Å². The van der Waals surface area contributed by atoms with Crippen molar-refractivity contribution in [2.75, 3.05) is 6.54 Å². The number of nitriles is 1. The van der Waals surface area contributed by atoms with Crippen LogP contribution in [0.2, 0.25) is 0 Å². The van der Waals surface area contributed by atoms with Crippen molar-refractivity contribution in [3.05, 3.63) is 71.5 Å². The van der Waals surface area contributed by atoms with Gasteiger partial charge in [-0.15, -0.1) is 0 Å². The first-order chi connectivity index (χ1) is 16.4. The molecule has 0 radical (unpaired) electrons. The standard InChI is InChI=1S/C28H34FN3O2/c1-21(2)28(20-30,23-12-4-3-5-13-23)17-9-8-16-26(33)32-18-10-15-25(32)27(34)31-19-22-11-6-7-14-24(22)29/h3-7,11-14,21,25H,8-10,15-19H2,1-2H3,(H,31,34)/t25-,28+/m1/s1. The molecule has 6 heteroatoms. The van der Waals surface area contributed by atoms with Crippen LogP contribution in [0.3, 0.4) is 0 Å². The number of halogens is 1. The third-order valence-corrected chi connectivity index (χ3v) is 6.97. The van der Waals surface area contributed by atoms with E-state index in [1.54, 1.807) is 23.1 Å². The summed E-state index contributed by atoms with van der Waals surface area (Å²) in [4.78, 5) is 27.3. The summed E-state index contributed by atoms with van der Waals surface area (Å²) in [7, 11) is 0. The summed E-state index contributed by atoms with van der Waals surface area (Å²) in [5.41, 5.74) is 0.869. The Hall–Kier alpha value is -3.20. The van der Waals surface area contributed by atoms with E-state index in [0.717, 1.165) is 18.4 Å². The van der Waals surface area contributed by atoms with Gasteiger partial charge in [0, 0.05) is 25.1 Å². The maximum Gasteiger partial charge on any atom is 0.243 e. The summed E-state index contributed by atoms with van der Waals surface area (Å²) >= 11 is 0. The number of nitrogens with zero attached hydrogens (tertiary/aromatic N) is 2. The molecule has 0 aromatic heterocycles. The normalized spacial score (nSPS) is 17.3. The lowest BCUT2D eigenvalue weighted by molar-refractivity contribution is -0.138. The minimum atomic E-state index is -0.576. The van der Waals surface area contributed by atoms with Gasteiger partial charge in [-0.3, -0.25) is 9.59 Å². The van der Waals surface area contributed by atoms with Gasteiger partial charge in [-0.05, 0) is 43.2 Å². The summed E-state index contributed by atoms with van der Waals surface area (Å²) in [6.07, 6.45) is 3.86. The molecule has 0 bridgehead atoms.